The molecule has 2 aromatic carbocycles. The van der Waals surface area contributed by atoms with Crippen LogP contribution in [-0.4, -0.2) is 21.8 Å². The Kier molecular flexibility index (Phi) is 4.39. The average molecular weight is 391 g/mol. The summed E-state index contributed by atoms with van der Waals surface area (Å²) in [6.07, 6.45) is -4.39. The molecule has 0 saturated heterocycles. The summed E-state index contributed by atoms with van der Waals surface area (Å²) in [6, 6.07) is 10.8. The Hall–Kier alpha value is -2.45. The van der Waals surface area contributed by atoms with Gasteiger partial charge in [0.15, 0.2) is 0 Å². The van der Waals surface area contributed by atoms with Gasteiger partial charge < -0.3 is 5.32 Å². The van der Waals surface area contributed by atoms with Gasteiger partial charge in [0, 0.05) is 12.2 Å². The van der Waals surface area contributed by atoms with Crippen LogP contribution in [0.5, 0.6) is 0 Å². The van der Waals surface area contributed by atoms with E-state index in [9.17, 15) is 18.0 Å². The first kappa shape index (κ1) is 17.9. The van der Waals surface area contributed by atoms with Gasteiger partial charge in [-0.05, 0) is 36.8 Å². The second kappa shape index (κ2) is 6.61. The van der Waals surface area contributed by atoms with Crippen molar-refractivity contribution in [2.75, 3.05) is 5.32 Å². The molecular formula is C19H16F3N3OS. The maximum atomic E-state index is 12.9. The molecule has 1 aliphatic rings. The van der Waals surface area contributed by atoms with Crippen LogP contribution in [0.3, 0.4) is 0 Å². The number of anilines is 1. The zero-order valence-electron chi connectivity index (χ0n) is 14.4. The summed E-state index contributed by atoms with van der Waals surface area (Å²) in [4.78, 5) is 18.8. The Balaban J connectivity index is 1.63. The molecule has 1 unspecified atom stereocenters. The van der Waals surface area contributed by atoms with Crippen molar-refractivity contribution < 1.29 is 18.0 Å². The number of rotatable bonds is 2. The van der Waals surface area contributed by atoms with E-state index in [0.29, 0.717) is 28.3 Å². The van der Waals surface area contributed by atoms with Crippen LogP contribution in [-0.2, 0) is 24.1 Å². The molecule has 3 aromatic rings. The van der Waals surface area contributed by atoms with Crippen molar-refractivity contribution in [1.29, 1.82) is 0 Å². The molecule has 0 bridgehead atoms. The third kappa shape index (κ3) is 3.54. The second-order valence-electron chi connectivity index (χ2n) is 6.52. The molecule has 4 nitrogen and oxygen atoms in total. The lowest BCUT2D eigenvalue weighted by atomic mass is 10.1. The highest BCUT2D eigenvalue weighted by Crippen LogP contribution is 2.33. The highest BCUT2D eigenvalue weighted by molar-refractivity contribution is 7.18. The van der Waals surface area contributed by atoms with Crippen molar-refractivity contribution in [3.05, 3.63) is 58.6 Å². The van der Waals surface area contributed by atoms with Gasteiger partial charge in [0.1, 0.15) is 5.01 Å². The maximum absolute atomic E-state index is 12.9. The summed E-state index contributed by atoms with van der Waals surface area (Å²) in [7, 11) is 0. The number of nitrogens with one attached hydrogen (secondary N) is 1. The fraction of sp³-hybridized carbons (Fsp3) is 0.263. The van der Waals surface area contributed by atoms with Gasteiger partial charge in [-0.3, -0.25) is 9.69 Å². The number of para-hydroxylation sites is 1. The van der Waals surface area contributed by atoms with Crippen molar-refractivity contribution in [2.24, 2.45) is 0 Å². The molecular weight excluding hydrogens is 375 g/mol. The van der Waals surface area contributed by atoms with Crippen LogP contribution < -0.4 is 5.32 Å². The number of hydrogen-bond donors (Lipinski definition) is 1. The van der Waals surface area contributed by atoms with Crippen LogP contribution in [0.25, 0.3) is 10.2 Å². The Labute approximate surface area is 157 Å². The minimum Gasteiger partial charge on any atom is -0.324 e. The van der Waals surface area contributed by atoms with Crippen molar-refractivity contribution >= 4 is 33.1 Å². The molecule has 1 aliphatic heterocycles. The van der Waals surface area contributed by atoms with Gasteiger partial charge in [0.05, 0.1) is 28.4 Å². The molecule has 0 fully saturated rings. The van der Waals surface area contributed by atoms with E-state index in [2.05, 4.69) is 10.3 Å². The van der Waals surface area contributed by atoms with Gasteiger partial charge in [-0.1, -0.05) is 18.2 Å². The van der Waals surface area contributed by atoms with Crippen LogP contribution in [0.4, 0.5) is 18.9 Å². The van der Waals surface area contributed by atoms with E-state index in [1.165, 1.54) is 17.4 Å². The van der Waals surface area contributed by atoms with Crippen LogP contribution >= 0.6 is 11.3 Å². The fourth-order valence-electron chi connectivity index (χ4n) is 3.12. The van der Waals surface area contributed by atoms with Gasteiger partial charge in [-0.25, -0.2) is 4.98 Å². The topological polar surface area (TPSA) is 45.2 Å². The smallest absolute Gasteiger partial charge is 0.324 e. The third-order valence-electron chi connectivity index (χ3n) is 4.67. The number of aromatic nitrogens is 1. The number of amides is 1. The lowest BCUT2D eigenvalue weighted by Crippen LogP contribution is -2.38. The molecule has 1 aromatic heterocycles. The SMILES string of the molecule is CC1C(=O)Nc2ccccc2CN1Cc1nc2cc(C(F)(F)F)ccc2s1. The molecule has 4 rings (SSSR count). The fourth-order valence-corrected chi connectivity index (χ4v) is 4.10. The van der Waals surface area contributed by atoms with E-state index >= 15 is 0 Å². The van der Waals surface area contributed by atoms with E-state index in [1.54, 1.807) is 0 Å². The predicted molar refractivity (Wildman–Crippen MR) is 98.4 cm³/mol. The molecule has 0 spiro atoms. The van der Waals surface area contributed by atoms with Gasteiger partial charge in [0.2, 0.25) is 5.91 Å². The summed E-state index contributed by atoms with van der Waals surface area (Å²) in [5.74, 6) is -0.111. The minimum absolute atomic E-state index is 0.111. The number of alkyl halides is 3. The molecule has 1 amide bonds. The lowest BCUT2D eigenvalue weighted by molar-refractivity contribution is -0.137. The number of carbonyl (C=O) groups excluding carboxylic acids is 1. The monoisotopic (exact) mass is 391 g/mol. The molecule has 1 N–H and O–H groups in total. The summed E-state index contributed by atoms with van der Waals surface area (Å²) >= 11 is 1.35. The van der Waals surface area contributed by atoms with Crippen molar-refractivity contribution in [1.82, 2.24) is 9.88 Å². The number of halogens is 3. The van der Waals surface area contributed by atoms with Crippen LogP contribution in [0.15, 0.2) is 42.5 Å². The largest absolute Gasteiger partial charge is 0.416 e. The van der Waals surface area contributed by atoms with Crippen LogP contribution in [0.2, 0.25) is 0 Å². The third-order valence-corrected chi connectivity index (χ3v) is 5.69. The molecule has 0 saturated carbocycles. The van der Waals surface area contributed by atoms with Gasteiger partial charge >= 0.3 is 6.18 Å². The normalized spacial score (nSPS) is 18.2. The Morgan fingerprint density at radius 1 is 1.26 bits per heavy atom. The van der Waals surface area contributed by atoms with E-state index < -0.39 is 11.7 Å². The predicted octanol–water partition coefficient (Wildman–Crippen LogP) is 4.66. The number of nitrogens with zero attached hydrogens (tertiary/aromatic N) is 2. The summed E-state index contributed by atoms with van der Waals surface area (Å²) in [6.45, 7) is 2.76. The molecule has 27 heavy (non-hydrogen) atoms. The quantitative estimate of drug-likeness (QED) is 0.691. The lowest BCUT2D eigenvalue weighted by Gasteiger charge is -2.24. The van der Waals surface area contributed by atoms with E-state index in [4.69, 9.17) is 0 Å². The second-order valence-corrected chi connectivity index (χ2v) is 7.63. The summed E-state index contributed by atoms with van der Waals surface area (Å²) < 4.78 is 39.4. The molecule has 1 atom stereocenters. The molecule has 2 heterocycles. The number of fused-ring (bicyclic) bond motifs is 2. The summed E-state index contributed by atoms with van der Waals surface area (Å²) in [5, 5.41) is 3.60. The first-order chi connectivity index (χ1) is 12.8. The van der Waals surface area contributed by atoms with Crippen molar-refractivity contribution in [2.45, 2.75) is 32.2 Å². The van der Waals surface area contributed by atoms with Gasteiger partial charge in [0.25, 0.3) is 0 Å². The van der Waals surface area contributed by atoms with Crippen molar-refractivity contribution in [3.8, 4) is 0 Å². The average Bonchev–Trinajstić information content (AvgIpc) is 2.97. The van der Waals surface area contributed by atoms with Crippen LogP contribution in [0.1, 0.15) is 23.1 Å². The first-order valence-corrected chi connectivity index (χ1v) is 9.22. The summed E-state index contributed by atoms with van der Waals surface area (Å²) in [5.41, 5.74) is 1.41. The van der Waals surface area contributed by atoms with E-state index in [1.807, 2.05) is 36.1 Å². The minimum atomic E-state index is -4.39. The standard InChI is InChI=1S/C19H16F3N3OS/c1-11-18(26)24-14-5-3-2-4-12(14)9-25(11)10-17-23-15-8-13(19(20,21)22)6-7-16(15)27-17/h2-8,11H,9-10H2,1H3,(H,24,26). The zero-order valence-corrected chi connectivity index (χ0v) is 15.2. The van der Waals surface area contributed by atoms with Crippen LogP contribution in [0, 0.1) is 0 Å². The number of carbonyl (C=O) groups is 1. The molecule has 0 aliphatic carbocycles. The maximum Gasteiger partial charge on any atom is 0.416 e. The molecule has 8 heteroatoms. The number of hydrogen-bond acceptors (Lipinski definition) is 4. The number of thiazole rings is 1. The molecule has 140 valence electrons. The first-order valence-electron chi connectivity index (χ1n) is 8.41. The Bertz CT molecular complexity index is 1010. The van der Waals surface area contributed by atoms with Gasteiger partial charge in [-0.15, -0.1) is 11.3 Å². The molecule has 0 radical (unpaired) electrons. The Morgan fingerprint density at radius 3 is 2.81 bits per heavy atom. The van der Waals surface area contributed by atoms with Gasteiger partial charge in [-0.2, -0.15) is 13.2 Å². The highest BCUT2D eigenvalue weighted by atomic mass is 32.1. The Morgan fingerprint density at radius 2 is 2.04 bits per heavy atom. The highest BCUT2D eigenvalue weighted by Gasteiger charge is 2.31. The van der Waals surface area contributed by atoms with E-state index in [-0.39, 0.29) is 11.9 Å². The van der Waals surface area contributed by atoms with Crippen molar-refractivity contribution in [3.63, 3.8) is 0 Å². The zero-order chi connectivity index (χ0) is 19.2. The number of benzene rings is 2. The van der Waals surface area contributed by atoms with E-state index in [0.717, 1.165) is 23.4 Å².